The number of aromatic nitrogens is 3. The van der Waals surface area contributed by atoms with E-state index in [-0.39, 0.29) is 11.7 Å². The fraction of sp³-hybridized carbons (Fsp3) is 0.786. The molecule has 0 saturated carbocycles. The molecule has 0 fully saturated rings. The minimum atomic E-state index is -0.0806. The Balaban J connectivity index is 2.50. The van der Waals surface area contributed by atoms with E-state index < -0.39 is 0 Å². The molecule has 0 spiro atoms. The molecular formula is C14H27N5O. The standard InChI is InChI=1S/C14H27N5O/c1-5-12-15-13(17-16-12)14(20)19(8-4)11-9-10-18(6-2)7-3/h5-11H2,1-4H3,(H,15,16,17). The lowest BCUT2D eigenvalue weighted by Gasteiger charge is -2.22. The van der Waals surface area contributed by atoms with Gasteiger partial charge in [-0.3, -0.25) is 9.89 Å². The first-order valence-corrected chi connectivity index (χ1v) is 7.59. The average molecular weight is 281 g/mol. The molecule has 0 radical (unpaired) electrons. The number of aromatic amines is 1. The molecule has 1 rings (SSSR count). The van der Waals surface area contributed by atoms with E-state index in [1.807, 2.05) is 18.7 Å². The van der Waals surface area contributed by atoms with Crippen LogP contribution in [0.4, 0.5) is 0 Å². The second kappa shape index (κ2) is 8.68. The molecule has 0 unspecified atom stereocenters. The molecule has 0 aromatic carbocycles. The normalized spacial score (nSPS) is 11.1. The van der Waals surface area contributed by atoms with Gasteiger partial charge in [-0.25, -0.2) is 4.98 Å². The molecule has 1 amide bonds. The van der Waals surface area contributed by atoms with E-state index in [0.717, 1.165) is 44.8 Å². The van der Waals surface area contributed by atoms with Crippen LogP contribution in [0.2, 0.25) is 0 Å². The van der Waals surface area contributed by atoms with Crippen molar-refractivity contribution in [2.45, 2.75) is 40.5 Å². The van der Waals surface area contributed by atoms with Gasteiger partial charge >= 0.3 is 0 Å². The molecule has 1 N–H and O–H groups in total. The van der Waals surface area contributed by atoms with Gasteiger partial charge in [0, 0.05) is 19.5 Å². The van der Waals surface area contributed by atoms with E-state index in [9.17, 15) is 4.79 Å². The molecule has 0 aliphatic rings. The van der Waals surface area contributed by atoms with Crippen molar-refractivity contribution in [3.05, 3.63) is 11.6 Å². The van der Waals surface area contributed by atoms with Gasteiger partial charge < -0.3 is 9.80 Å². The van der Waals surface area contributed by atoms with Crippen molar-refractivity contribution in [1.29, 1.82) is 0 Å². The molecule has 0 aliphatic carbocycles. The summed E-state index contributed by atoms with van der Waals surface area (Å²) >= 11 is 0. The number of carbonyl (C=O) groups is 1. The lowest BCUT2D eigenvalue weighted by atomic mass is 10.3. The predicted molar refractivity (Wildman–Crippen MR) is 79.7 cm³/mol. The van der Waals surface area contributed by atoms with E-state index in [1.165, 1.54) is 0 Å². The highest BCUT2D eigenvalue weighted by atomic mass is 16.2. The summed E-state index contributed by atoms with van der Waals surface area (Å²) in [4.78, 5) is 20.7. The van der Waals surface area contributed by atoms with Gasteiger partial charge in [-0.2, -0.15) is 0 Å². The summed E-state index contributed by atoms with van der Waals surface area (Å²) in [6.07, 6.45) is 1.74. The largest absolute Gasteiger partial charge is 0.336 e. The van der Waals surface area contributed by atoms with Crippen molar-refractivity contribution in [2.24, 2.45) is 0 Å². The van der Waals surface area contributed by atoms with E-state index in [1.54, 1.807) is 0 Å². The summed E-state index contributed by atoms with van der Waals surface area (Å²) in [5.74, 6) is 0.960. The molecule has 0 aliphatic heterocycles. The van der Waals surface area contributed by atoms with Crippen LogP contribution < -0.4 is 0 Å². The van der Waals surface area contributed by atoms with Gasteiger partial charge in [-0.1, -0.05) is 20.8 Å². The first-order valence-electron chi connectivity index (χ1n) is 7.59. The Morgan fingerprint density at radius 1 is 1.10 bits per heavy atom. The Labute approximate surface area is 121 Å². The fourth-order valence-corrected chi connectivity index (χ4v) is 2.12. The summed E-state index contributed by atoms with van der Waals surface area (Å²) in [5, 5.41) is 6.78. The summed E-state index contributed by atoms with van der Waals surface area (Å²) in [5.41, 5.74) is 0. The van der Waals surface area contributed by atoms with Crippen LogP contribution in [0.3, 0.4) is 0 Å². The Morgan fingerprint density at radius 2 is 1.80 bits per heavy atom. The highest BCUT2D eigenvalue weighted by molar-refractivity contribution is 5.90. The molecule has 6 nitrogen and oxygen atoms in total. The molecule has 0 saturated heterocycles. The van der Waals surface area contributed by atoms with E-state index in [0.29, 0.717) is 6.54 Å². The van der Waals surface area contributed by atoms with Crippen LogP contribution in [0.1, 0.15) is 50.6 Å². The number of hydrogen-bond donors (Lipinski definition) is 1. The van der Waals surface area contributed by atoms with Crippen molar-refractivity contribution in [3.8, 4) is 0 Å². The number of H-pyrrole nitrogens is 1. The van der Waals surface area contributed by atoms with Crippen molar-refractivity contribution >= 4 is 5.91 Å². The quantitative estimate of drug-likeness (QED) is 0.746. The fourth-order valence-electron chi connectivity index (χ4n) is 2.12. The molecule has 20 heavy (non-hydrogen) atoms. The summed E-state index contributed by atoms with van der Waals surface area (Å²) < 4.78 is 0. The monoisotopic (exact) mass is 281 g/mol. The van der Waals surface area contributed by atoms with Gasteiger partial charge in [-0.15, -0.1) is 5.10 Å². The van der Waals surface area contributed by atoms with Gasteiger partial charge in [0.2, 0.25) is 5.82 Å². The Bertz CT molecular complexity index is 400. The topological polar surface area (TPSA) is 65.1 Å². The van der Waals surface area contributed by atoms with E-state index in [4.69, 9.17) is 0 Å². The van der Waals surface area contributed by atoms with Crippen LogP contribution in [0.5, 0.6) is 0 Å². The van der Waals surface area contributed by atoms with Crippen LogP contribution in [-0.4, -0.2) is 63.6 Å². The van der Waals surface area contributed by atoms with E-state index >= 15 is 0 Å². The van der Waals surface area contributed by atoms with Crippen molar-refractivity contribution < 1.29 is 4.79 Å². The maximum Gasteiger partial charge on any atom is 0.293 e. The average Bonchev–Trinajstić information content (AvgIpc) is 2.96. The highest BCUT2D eigenvalue weighted by Crippen LogP contribution is 2.02. The first kappa shape index (κ1) is 16.6. The molecule has 1 heterocycles. The van der Waals surface area contributed by atoms with Crippen molar-refractivity contribution in [1.82, 2.24) is 25.0 Å². The number of rotatable bonds is 9. The number of hydrogen-bond acceptors (Lipinski definition) is 4. The van der Waals surface area contributed by atoms with Crippen molar-refractivity contribution in [2.75, 3.05) is 32.7 Å². The number of aryl methyl sites for hydroxylation is 1. The highest BCUT2D eigenvalue weighted by Gasteiger charge is 2.18. The molecule has 0 atom stereocenters. The zero-order valence-corrected chi connectivity index (χ0v) is 13.1. The summed E-state index contributed by atoms with van der Waals surface area (Å²) in [6, 6.07) is 0. The van der Waals surface area contributed by atoms with Gasteiger partial charge in [0.1, 0.15) is 5.82 Å². The number of nitrogens with zero attached hydrogens (tertiary/aromatic N) is 4. The third kappa shape index (κ3) is 4.59. The molecular weight excluding hydrogens is 254 g/mol. The van der Waals surface area contributed by atoms with Gasteiger partial charge in [0.15, 0.2) is 0 Å². The van der Waals surface area contributed by atoms with Gasteiger partial charge in [-0.05, 0) is 33.0 Å². The molecule has 114 valence electrons. The summed E-state index contributed by atoms with van der Waals surface area (Å²) in [6.45, 7) is 12.9. The molecule has 6 heteroatoms. The lowest BCUT2D eigenvalue weighted by Crippen LogP contribution is -2.35. The minimum Gasteiger partial charge on any atom is -0.336 e. The molecule has 1 aromatic heterocycles. The zero-order chi connectivity index (χ0) is 15.0. The van der Waals surface area contributed by atoms with Crippen LogP contribution in [0, 0.1) is 0 Å². The van der Waals surface area contributed by atoms with Crippen LogP contribution >= 0.6 is 0 Å². The second-order valence-electron chi connectivity index (χ2n) is 4.72. The SMILES string of the molecule is CCc1nc(C(=O)N(CC)CCCN(CC)CC)n[nH]1. The number of amides is 1. The summed E-state index contributed by atoms with van der Waals surface area (Å²) in [7, 11) is 0. The van der Waals surface area contributed by atoms with Crippen LogP contribution in [0.25, 0.3) is 0 Å². The smallest absolute Gasteiger partial charge is 0.293 e. The lowest BCUT2D eigenvalue weighted by molar-refractivity contribution is 0.0745. The third-order valence-corrected chi connectivity index (χ3v) is 3.52. The minimum absolute atomic E-state index is 0.0806. The van der Waals surface area contributed by atoms with Crippen molar-refractivity contribution in [3.63, 3.8) is 0 Å². The predicted octanol–water partition coefficient (Wildman–Crippen LogP) is 1.56. The molecule has 0 bridgehead atoms. The Kier molecular flexibility index (Phi) is 7.22. The third-order valence-electron chi connectivity index (χ3n) is 3.52. The first-order chi connectivity index (χ1) is 9.65. The van der Waals surface area contributed by atoms with Gasteiger partial charge in [0.05, 0.1) is 0 Å². The van der Waals surface area contributed by atoms with Crippen LogP contribution in [0.15, 0.2) is 0 Å². The van der Waals surface area contributed by atoms with E-state index in [2.05, 4.69) is 33.9 Å². The second-order valence-corrected chi connectivity index (χ2v) is 4.72. The maximum atomic E-state index is 12.3. The molecule has 1 aromatic rings. The zero-order valence-electron chi connectivity index (χ0n) is 13.1. The number of nitrogens with one attached hydrogen (secondary N) is 1. The maximum absolute atomic E-state index is 12.3. The number of carbonyl (C=O) groups excluding carboxylic acids is 1. The Morgan fingerprint density at radius 3 is 2.30 bits per heavy atom. The Hall–Kier alpha value is -1.43. The van der Waals surface area contributed by atoms with Crippen LogP contribution in [-0.2, 0) is 6.42 Å². The van der Waals surface area contributed by atoms with Gasteiger partial charge in [0.25, 0.3) is 5.91 Å².